The summed E-state index contributed by atoms with van der Waals surface area (Å²) in [5, 5.41) is 0. The first-order chi connectivity index (χ1) is 7.69. The van der Waals surface area contributed by atoms with Gasteiger partial charge in [-0.25, -0.2) is 4.79 Å². The van der Waals surface area contributed by atoms with Crippen molar-refractivity contribution in [2.24, 2.45) is 5.92 Å². The molecule has 0 aromatic carbocycles. The lowest BCUT2D eigenvalue weighted by molar-refractivity contribution is 0.0205. The van der Waals surface area contributed by atoms with Crippen LogP contribution in [0.4, 0.5) is 4.79 Å². The molecule has 1 fully saturated rings. The van der Waals surface area contributed by atoms with E-state index in [4.69, 9.17) is 4.74 Å². The SMILES string of the molecule is C[C@H]1CC(CN(C)C)N(C(=O)OC(C)(C)C)C1. The summed E-state index contributed by atoms with van der Waals surface area (Å²) in [5.74, 6) is 0.562. The number of likely N-dealkylation sites (tertiary alicyclic amines) is 1. The highest BCUT2D eigenvalue weighted by molar-refractivity contribution is 5.69. The first-order valence-electron chi connectivity index (χ1n) is 6.33. The maximum absolute atomic E-state index is 12.1. The first kappa shape index (κ1) is 14.3. The molecule has 1 aliphatic heterocycles. The van der Waals surface area contributed by atoms with E-state index in [0.29, 0.717) is 5.92 Å². The molecule has 4 heteroatoms. The maximum atomic E-state index is 12.1. The Kier molecular flexibility index (Phi) is 4.42. The average molecular weight is 242 g/mol. The Morgan fingerprint density at radius 3 is 2.47 bits per heavy atom. The minimum Gasteiger partial charge on any atom is -0.444 e. The Hall–Kier alpha value is -0.770. The van der Waals surface area contributed by atoms with E-state index in [-0.39, 0.29) is 12.1 Å². The molecular weight excluding hydrogens is 216 g/mol. The molecule has 2 atom stereocenters. The molecule has 0 radical (unpaired) electrons. The molecule has 0 N–H and O–H groups in total. The van der Waals surface area contributed by atoms with Crippen LogP contribution in [0.1, 0.15) is 34.1 Å². The zero-order chi connectivity index (χ0) is 13.2. The van der Waals surface area contributed by atoms with Gasteiger partial charge in [0.2, 0.25) is 0 Å². The first-order valence-corrected chi connectivity index (χ1v) is 6.33. The van der Waals surface area contributed by atoms with Crippen LogP contribution < -0.4 is 0 Å². The summed E-state index contributed by atoms with van der Waals surface area (Å²) in [6.45, 7) is 9.63. The van der Waals surface area contributed by atoms with E-state index in [1.165, 1.54) is 0 Å². The fraction of sp³-hybridized carbons (Fsp3) is 0.923. The Labute approximate surface area is 105 Å². The third kappa shape index (κ3) is 4.54. The topological polar surface area (TPSA) is 32.8 Å². The van der Waals surface area contributed by atoms with Gasteiger partial charge in [0.15, 0.2) is 0 Å². The van der Waals surface area contributed by atoms with Crippen LogP contribution in [0, 0.1) is 5.92 Å². The molecular formula is C13H26N2O2. The number of carbonyl (C=O) groups excluding carboxylic acids is 1. The fourth-order valence-corrected chi connectivity index (χ4v) is 2.29. The van der Waals surface area contributed by atoms with Gasteiger partial charge in [0.25, 0.3) is 0 Å². The van der Waals surface area contributed by atoms with Crippen molar-refractivity contribution >= 4 is 6.09 Å². The van der Waals surface area contributed by atoms with Gasteiger partial charge in [-0.3, -0.25) is 0 Å². The summed E-state index contributed by atoms with van der Waals surface area (Å²) in [4.78, 5) is 16.1. The monoisotopic (exact) mass is 242 g/mol. The highest BCUT2D eigenvalue weighted by Gasteiger charge is 2.35. The molecule has 4 nitrogen and oxygen atoms in total. The van der Waals surface area contributed by atoms with Gasteiger partial charge in [-0.2, -0.15) is 0 Å². The van der Waals surface area contributed by atoms with Gasteiger partial charge in [0.05, 0.1) is 0 Å². The van der Waals surface area contributed by atoms with Crippen molar-refractivity contribution in [3.05, 3.63) is 0 Å². The molecule has 0 bridgehead atoms. The zero-order valence-corrected chi connectivity index (χ0v) is 12.0. The van der Waals surface area contributed by atoms with Crippen molar-refractivity contribution in [3.63, 3.8) is 0 Å². The Morgan fingerprint density at radius 1 is 1.41 bits per heavy atom. The normalized spacial score (nSPS) is 25.5. The summed E-state index contributed by atoms with van der Waals surface area (Å²) in [5.41, 5.74) is -0.411. The number of rotatable bonds is 2. The molecule has 1 saturated heterocycles. The number of nitrogens with zero attached hydrogens (tertiary/aromatic N) is 2. The second-order valence-corrected chi connectivity index (χ2v) is 6.39. The Balaban J connectivity index is 2.63. The highest BCUT2D eigenvalue weighted by atomic mass is 16.6. The number of hydrogen-bond donors (Lipinski definition) is 0. The van der Waals surface area contributed by atoms with Crippen LogP contribution in [-0.4, -0.2) is 54.7 Å². The molecule has 17 heavy (non-hydrogen) atoms. The molecule has 100 valence electrons. The Bertz CT molecular complexity index is 271. The Morgan fingerprint density at radius 2 is 2.00 bits per heavy atom. The van der Waals surface area contributed by atoms with Gasteiger partial charge in [-0.15, -0.1) is 0 Å². The van der Waals surface area contributed by atoms with E-state index in [9.17, 15) is 4.79 Å². The van der Waals surface area contributed by atoms with E-state index in [1.807, 2.05) is 39.8 Å². The molecule has 1 aliphatic rings. The third-order valence-electron chi connectivity index (χ3n) is 2.83. The third-order valence-corrected chi connectivity index (χ3v) is 2.83. The van der Waals surface area contributed by atoms with Gasteiger partial charge in [-0.1, -0.05) is 6.92 Å². The van der Waals surface area contributed by atoms with Gasteiger partial charge in [0.1, 0.15) is 5.60 Å². The van der Waals surface area contributed by atoms with Crippen molar-refractivity contribution in [3.8, 4) is 0 Å². The summed E-state index contributed by atoms with van der Waals surface area (Å²) >= 11 is 0. The predicted octanol–water partition coefficient (Wildman–Crippen LogP) is 2.19. The van der Waals surface area contributed by atoms with Gasteiger partial charge < -0.3 is 14.5 Å². The molecule has 0 aliphatic carbocycles. The van der Waals surface area contributed by atoms with Crippen LogP contribution in [0.15, 0.2) is 0 Å². The molecule has 1 heterocycles. The molecule has 1 amide bonds. The van der Waals surface area contributed by atoms with Crippen LogP contribution in [0.5, 0.6) is 0 Å². The fourth-order valence-electron chi connectivity index (χ4n) is 2.29. The van der Waals surface area contributed by atoms with Crippen LogP contribution in [0.25, 0.3) is 0 Å². The van der Waals surface area contributed by atoms with Crippen molar-refractivity contribution < 1.29 is 9.53 Å². The number of carbonyl (C=O) groups is 1. The minimum atomic E-state index is -0.411. The lowest BCUT2D eigenvalue weighted by atomic mass is 10.1. The van der Waals surface area contributed by atoms with Crippen LogP contribution in [0.3, 0.4) is 0 Å². The molecule has 1 unspecified atom stereocenters. The van der Waals surface area contributed by atoms with Gasteiger partial charge in [0, 0.05) is 19.1 Å². The maximum Gasteiger partial charge on any atom is 0.410 e. The molecule has 0 spiro atoms. The van der Waals surface area contributed by atoms with Crippen molar-refractivity contribution in [1.29, 1.82) is 0 Å². The van der Waals surface area contributed by atoms with Crippen LogP contribution in [0.2, 0.25) is 0 Å². The second-order valence-electron chi connectivity index (χ2n) is 6.39. The highest BCUT2D eigenvalue weighted by Crippen LogP contribution is 2.25. The molecule has 0 aromatic rings. The smallest absolute Gasteiger partial charge is 0.410 e. The van der Waals surface area contributed by atoms with Crippen LogP contribution >= 0.6 is 0 Å². The number of hydrogen-bond acceptors (Lipinski definition) is 3. The number of amides is 1. The summed E-state index contributed by atoms with van der Waals surface area (Å²) in [7, 11) is 4.08. The average Bonchev–Trinajstić information content (AvgIpc) is 2.42. The largest absolute Gasteiger partial charge is 0.444 e. The van der Waals surface area contributed by atoms with E-state index < -0.39 is 5.60 Å². The van der Waals surface area contributed by atoms with E-state index in [0.717, 1.165) is 19.5 Å². The van der Waals surface area contributed by atoms with Crippen LogP contribution in [-0.2, 0) is 4.74 Å². The minimum absolute atomic E-state index is 0.172. The van der Waals surface area contributed by atoms with Gasteiger partial charge >= 0.3 is 6.09 Å². The standard InChI is InChI=1S/C13H26N2O2/c1-10-7-11(9-14(5)6)15(8-10)12(16)17-13(2,3)4/h10-11H,7-9H2,1-6H3/t10-,11?/m0/s1. The van der Waals surface area contributed by atoms with E-state index in [2.05, 4.69) is 11.8 Å². The summed E-state index contributed by atoms with van der Waals surface area (Å²) in [6.07, 6.45) is 0.894. The zero-order valence-electron chi connectivity index (χ0n) is 12.0. The summed E-state index contributed by atoms with van der Waals surface area (Å²) in [6, 6.07) is 0.287. The number of likely N-dealkylation sites (N-methyl/N-ethyl adjacent to an activating group) is 1. The van der Waals surface area contributed by atoms with Gasteiger partial charge in [-0.05, 0) is 47.2 Å². The van der Waals surface area contributed by atoms with Crippen molar-refractivity contribution in [2.75, 3.05) is 27.2 Å². The molecule has 0 aromatic heterocycles. The van der Waals surface area contributed by atoms with Crippen molar-refractivity contribution in [2.45, 2.75) is 45.8 Å². The number of ether oxygens (including phenoxy) is 1. The molecule has 0 saturated carbocycles. The molecule has 1 rings (SSSR count). The lowest BCUT2D eigenvalue weighted by Crippen LogP contribution is -2.43. The lowest BCUT2D eigenvalue weighted by Gasteiger charge is -2.29. The van der Waals surface area contributed by atoms with E-state index >= 15 is 0 Å². The second kappa shape index (κ2) is 5.25. The summed E-state index contributed by atoms with van der Waals surface area (Å²) < 4.78 is 5.45. The quantitative estimate of drug-likeness (QED) is 0.744. The predicted molar refractivity (Wildman–Crippen MR) is 69.1 cm³/mol. The van der Waals surface area contributed by atoms with E-state index in [1.54, 1.807) is 0 Å². The van der Waals surface area contributed by atoms with Crippen molar-refractivity contribution in [1.82, 2.24) is 9.80 Å².